The van der Waals surface area contributed by atoms with Crippen molar-refractivity contribution in [2.75, 3.05) is 6.54 Å². The molecule has 5 nitrogen and oxygen atoms in total. The van der Waals surface area contributed by atoms with Gasteiger partial charge in [0.25, 0.3) is 5.91 Å². The summed E-state index contributed by atoms with van der Waals surface area (Å²) in [5.41, 5.74) is 9.69. The summed E-state index contributed by atoms with van der Waals surface area (Å²) in [5.74, 6) is 0.0599. The zero-order chi connectivity index (χ0) is 18.8. The van der Waals surface area contributed by atoms with Gasteiger partial charge in [0, 0.05) is 29.8 Å². The molecule has 27 heavy (non-hydrogen) atoms. The van der Waals surface area contributed by atoms with Crippen molar-refractivity contribution in [1.82, 2.24) is 14.7 Å². The number of rotatable bonds is 3. The molecule has 1 aliphatic rings. The van der Waals surface area contributed by atoms with Gasteiger partial charge >= 0.3 is 0 Å². The van der Waals surface area contributed by atoms with Crippen molar-refractivity contribution in [2.45, 2.75) is 31.8 Å². The molecule has 138 valence electrons. The molecule has 1 aliphatic heterocycles. The van der Waals surface area contributed by atoms with Crippen molar-refractivity contribution < 1.29 is 4.79 Å². The van der Waals surface area contributed by atoms with Gasteiger partial charge in [-0.15, -0.1) is 0 Å². The van der Waals surface area contributed by atoms with Gasteiger partial charge in [0.05, 0.1) is 17.6 Å². The molecule has 2 atom stereocenters. The molecule has 1 fully saturated rings. The summed E-state index contributed by atoms with van der Waals surface area (Å²) in [6.45, 7) is 2.78. The number of carbonyl (C=O) groups excluding carboxylic acids is 1. The Labute approximate surface area is 159 Å². The second-order valence-electron chi connectivity index (χ2n) is 7.18. The maximum atomic E-state index is 13.0. The normalized spacial score (nSPS) is 19.9. The third kappa shape index (κ3) is 3.51. The van der Waals surface area contributed by atoms with Crippen LogP contribution in [0.5, 0.6) is 0 Å². The van der Waals surface area contributed by atoms with E-state index >= 15 is 0 Å². The molecule has 1 saturated heterocycles. The van der Waals surface area contributed by atoms with E-state index in [0.717, 1.165) is 29.8 Å². The predicted octanol–water partition coefficient (Wildman–Crippen LogP) is 3.49. The Kier molecular flexibility index (Phi) is 4.77. The molecule has 0 spiro atoms. The monoisotopic (exact) mass is 360 g/mol. The van der Waals surface area contributed by atoms with Crippen LogP contribution in [0.2, 0.25) is 0 Å². The van der Waals surface area contributed by atoms with E-state index in [1.165, 1.54) is 0 Å². The highest BCUT2D eigenvalue weighted by Gasteiger charge is 2.27. The first-order chi connectivity index (χ1) is 13.1. The fraction of sp³-hybridized carbons (Fsp3) is 0.273. The van der Waals surface area contributed by atoms with Crippen LogP contribution in [-0.4, -0.2) is 39.2 Å². The Morgan fingerprint density at radius 3 is 2.70 bits per heavy atom. The van der Waals surface area contributed by atoms with Crippen LogP contribution in [0.1, 0.15) is 30.1 Å². The lowest BCUT2D eigenvalue weighted by molar-refractivity contribution is 0.0619. The molecule has 1 aromatic heterocycles. The maximum Gasteiger partial charge on any atom is 0.254 e. The number of hydrogen-bond donors (Lipinski definition) is 1. The highest BCUT2D eigenvalue weighted by Crippen LogP contribution is 2.24. The summed E-state index contributed by atoms with van der Waals surface area (Å²) in [7, 11) is 0. The maximum absolute atomic E-state index is 13.0. The minimum absolute atomic E-state index is 0.0599. The third-order valence-electron chi connectivity index (χ3n) is 5.23. The molecule has 0 saturated carbocycles. The van der Waals surface area contributed by atoms with Crippen LogP contribution in [0.4, 0.5) is 0 Å². The molecule has 0 bridgehead atoms. The number of amides is 1. The van der Waals surface area contributed by atoms with Crippen LogP contribution in [-0.2, 0) is 0 Å². The van der Waals surface area contributed by atoms with Crippen LogP contribution in [0, 0.1) is 0 Å². The van der Waals surface area contributed by atoms with Crippen molar-refractivity contribution in [2.24, 2.45) is 5.73 Å². The summed E-state index contributed by atoms with van der Waals surface area (Å²) in [6, 6.07) is 20.1. The van der Waals surface area contributed by atoms with E-state index in [9.17, 15) is 4.79 Å². The SMILES string of the molecule is C[C@@H]1C[C@@H](N)CCN1C(=O)c1cccc(-n2nccc2-c2ccccc2)c1. The first-order valence-corrected chi connectivity index (χ1v) is 9.40. The van der Waals surface area contributed by atoms with E-state index in [1.807, 2.05) is 58.1 Å². The molecule has 3 aromatic rings. The zero-order valence-corrected chi connectivity index (χ0v) is 15.5. The van der Waals surface area contributed by atoms with Gasteiger partial charge in [0.1, 0.15) is 0 Å². The summed E-state index contributed by atoms with van der Waals surface area (Å²) < 4.78 is 1.88. The number of aromatic nitrogens is 2. The van der Waals surface area contributed by atoms with Gasteiger partial charge in [-0.05, 0) is 44.0 Å². The lowest BCUT2D eigenvalue weighted by Gasteiger charge is -2.36. The van der Waals surface area contributed by atoms with Crippen molar-refractivity contribution in [1.29, 1.82) is 0 Å². The number of nitrogens with zero attached hydrogens (tertiary/aromatic N) is 3. The minimum atomic E-state index is 0.0599. The molecule has 0 radical (unpaired) electrons. The highest BCUT2D eigenvalue weighted by molar-refractivity contribution is 5.95. The van der Waals surface area contributed by atoms with E-state index in [-0.39, 0.29) is 18.0 Å². The second-order valence-corrected chi connectivity index (χ2v) is 7.18. The molecule has 2 heterocycles. The van der Waals surface area contributed by atoms with E-state index in [0.29, 0.717) is 12.1 Å². The Hall–Kier alpha value is -2.92. The van der Waals surface area contributed by atoms with E-state index in [4.69, 9.17) is 5.73 Å². The van der Waals surface area contributed by atoms with Crippen LogP contribution < -0.4 is 5.73 Å². The van der Waals surface area contributed by atoms with Crippen LogP contribution >= 0.6 is 0 Å². The van der Waals surface area contributed by atoms with Crippen molar-refractivity contribution in [3.63, 3.8) is 0 Å². The minimum Gasteiger partial charge on any atom is -0.336 e. The molecular formula is C22H24N4O. The Balaban J connectivity index is 1.65. The Morgan fingerprint density at radius 1 is 1.11 bits per heavy atom. The number of hydrogen-bond acceptors (Lipinski definition) is 3. The lowest BCUT2D eigenvalue weighted by Crippen LogP contribution is -2.48. The van der Waals surface area contributed by atoms with Crippen molar-refractivity contribution >= 4 is 5.91 Å². The molecule has 1 amide bonds. The van der Waals surface area contributed by atoms with Gasteiger partial charge in [-0.1, -0.05) is 36.4 Å². The first kappa shape index (κ1) is 17.5. The lowest BCUT2D eigenvalue weighted by atomic mass is 9.98. The number of nitrogens with two attached hydrogens (primary N) is 1. The van der Waals surface area contributed by atoms with Gasteiger partial charge in [-0.3, -0.25) is 4.79 Å². The van der Waals surface area contributed by atoms with Crippen LogP contribution in [0.25, 0.3) is 16.9 Å². The van der Waals surface area contributed by atoms with E-state index < -0.39 is 0 Å². The largest absolute Gasteiger partial charge is 0.336 e. The van der Waals surface area contributed by atoms with Gasteiger partial charge in [0.2, 0.25) is 0 Å². The Morgan fingerprint density at radius 2 is 1.93 bits per heavy atom. The van der Waals surface area contributed by atoms with E-state index in [1.54, 1.807) is 6.20 Å². The average molecular weight is 360 g/mol. The summed E-state index contributed by atoms with van der Waals surface area (Å²) >= 11 is 0. The van der Waals surface area contributed by atoms with Gasteiger partial charge in [0.15, 0.2) is 0 Å². The second kappa shape index (κ2) is 7.37. The standard InChI is InChI=1S/C22H24N4O/c1-16-14-19(23)11-13-25(16)22(27)18-8-5-9-20(15-18)26-21(10-12-24-26)17-6-3-2-4-7-17/h2-10,12,15-16,19H,11,13-14,23H2,1H3/t16-,19+/m1/s1. The smallest absolute Gasteiger partial charge is 0.254 e. The zero-order valence-electron chi connectivity index (χ0n) is 15.5. The molecule has 0 unspecified atom stereocenters. The topological polar surface area (TPSA) is 64.2 Å². The van der Waals surface area contributed by atoms with Crippen molar-refractivity contribution in [3.05, 3.63) is 72.4 Å². The Bertz CT molecular complexity index is 934. The van der Waals surface area contributed by atoms with Gasteiger partial charge in [-0.25, -0.2) is 4.68 Å². The third-order valence-corrected chi connectivity index (χ3v) is 5.23. The number of carbonyl (C=O) groups is 1. The quantitative estimate of drug-likeness (QED) is 0.778. The summed E-state index contributed by atoms with van der Waals surface area (Å²) in [5, 5.41) is 4.48. The number of likely N-dealkylation sites (tertiary alicyclic amines) is 1. The fourth-order valence-electron chi connectivity index (χ4n) is 3.78. The molecule has 2 N–H and O–H groups in total. The van der Waals surface area contributed by atoms with E-state index in [2.05, 4.69) is 24.2 Å². The molecule has 5 heteroatoms. The fourth-order valence-corrected chi connectivity index (χ4v) is 3.78. The molecule has 4 rings (SSSR count). The summed E-state index contributed by atoms with van der Waals surface area (Å²) in [4.78, 5) is 15.0. The van der Waals surface area contributed by atoms with Crippen LogP contribution in [0.15, 0.2) is 66.9 Å². The van der Waals surface area contributed by atoms with Crippen molar-refractivity contribution in [3.8, 4) is 16.9 Å². The molecular weight excluding hydrogens is 336 g/mol. The van der Waals surface area contributed by atoms with Gasteiger partial charge in [-0.2, -0.15) is 5.10 Å². The van der Waals surface area contributed by atoms with Gasteiger partial charge < -0.3 is 10.6 Å². The number of benzene rings is 2. The molecule has 2 aromatic carbocycles. The first-order valence-electron chi connectivity index (χ1n) is 9.40. The summed E-state index contributed by atoms with van der Waals surface area (Å²) in [6.07, 6.45) is 3.49. The number of piperidine rings is 1. The molecule has 0 aliphatic carbocycles. The van der Waals surface area contributed by atoms with Crippen LogP contribution in [0.3, 0.4) is 0 Å². The average Bonchev–Trinajstić information content (AvgIpc) is 3.18. The highest BCUT2D eigenvalue weighted by atomic mass is 16.2. The predicted molar refractivity (Wildman–Crippen MR) is 107 cm³/mol.